The van der Waals surface area contributed by atoms with Crippen LogP contribution in [0.1, 0.15) is 17.7 Å². The fourth-order valence-corrected chi connectivity index (χ4v) is 1.25. The van der Waals surface area contributed by atoms with E-state index in [0.717, 1.165) is 29.1 Å². The molecule has 0 saturated carbocycles. The van der Waals surface area contributed by atoms with Gasteiger partial charge in [-0.25, -0.2) is 0 Å². The summed E-state index contributed by atoms with van der Waals surface area (Å²) < 4.78 is 0. The molecule has 1 rings (SSSR count). The molecule has 0 saturated heterocycles. The van der Waals surface area contributed by atoms with Gasteiger partial charge in [-0.3, -0.25) is 4.98 Å². The van der Waals surface area contributed by atoms with Crippen molar-refractivity contribution in [2.24, 2.45) is 5.73 Å². The summed E-state index contributed by atoms with van der Waals surface area (Å²) in [7, 11) is 0. The number of nitrogens with two attached hydrogens (primary N) is 1. The van der Waals surface area contributed by atoms with E-state index in [-0.39, 0.29) is 0 Å². The van der Waals surface area contributed by atoms with Crippen LogP contribution in [0.3, 0.4) is 0 Å². The molecule has 2 nitrogen and oxygen atoms in total. The first-order valence-corrected chi connectivity index (χ1v) is 4.43. The highest BCUT2D eigenvalue weighted by atomic mass is 35.5. The first-order valence-electron chi connectivity index (χ1n) is 4.05. The first-order chi connectivity index (χ1) is 5.75. The monoisotopic (exact) mass is 184 g/mol. The van der Waals surface area contributed by atoms with Crippen molar-refractivity contribution >= 4 is 11.6 Å². The van der Waals surface area contributed by atoms with E-state index in [1.807, 2.05) is 13.0 Å². The van der Waals surface area contributed by atoms with E-state index in [1.54, 1.807) is 6.20 Å². The molecule has 12 heavy (non-hydrogen) atoms. The van der Waals surface area contributed by atoms with Gasteiger partial charge in [0.25, 0.3) is 0 Å². The SMILES string of the molecule is Cc1ccnc(CCCN)c1Cl. The summed E-state index contributed by atoms with van der Waals surface area (Å²) in [4.78, 5) is 4.19. The summed E-state index contributed by atoms with van der Waals surface area (Å²) >= 11 is 6.03. The molecule has 0 spiro atoms. The Morgan fingerprint density at radius 2 is 2.33 bits per heavy atom. The predicted molar refractivity (Wildman–Crippen MR) is 51.4 cm³/mol. The summed E-state index contributed by atoms with van der Waals surface area (Å²) in [6.07, 6.45) is 3.60. The molecule has 0 aliphatic carbocycles. The van der Waals surface area contributed by atoms with Gasteiger partial charge in [0.15, 0.2) is 0 Å². The topological polar surface area (TPSA) is 38.9 Å². The average molecular weight is 185 g/mol. The van der Waals surface area contributed by atoms with Gasteiger partial charge < -0.3 is 5.73 Å². The second kappa shape index (κ2) is 4.43. The highest BCUT2D eigenvalue weighted by Crippen LogP contribution is 2.18. The molecular weight excluding hydrogens is 172 g/mol. The first kappa shape index (κ1) is 9.49. The Kier molecular flexibility index (Phi) is 3.50. The highest BCUT2D eigenvalue weighted by molar-refractivity contribution is 6.31. The molecule has 0 unspecified atom stereocenters. The van der Waals surface area contributed by atoms with Crippen LogP contribution in [0.5, 0.6) is 0 Å². The summed E-state index contributed by atoms with van der Waals surface area (Å²) in [6.45, 7) is 2.67. The van der Waals surface area contributed by atoms with Gasteiger partial charge in [-0.1, -0.05) is 11.6 Å². The van der Waals surface area contributed by atoms with E-state index in [4.69, 9.17) is 17.3 Å². The molecule has 2 N–H and O–H groups in total. The molecular formula is C9H13ClN2. The molecule has 1 aromatic rings. The molecule has 3 heteroatoms. The van der Waals surface area contributed by atoms with E-state index in [1.165, 1.54) is 0 Å². The summed E-state index contributed by atoms with van der Waals surface area (Å²) in [5.74, 6) is 0. The molecule has 0 radical (unpaired) electrons. The molecule has 0 aliphatic rings. The van der Waals surface area contributed by atoms with Crippen molar-refractivity contribution in [1.82, 2.24) is 4.98 Å². The van der Waals surface area contributed by atoms with Crippen molar-refractivity contribution in [3.8, 4) is 0 Å². The standard InChI is InChI=1S/C9H13ClN2/c1-7-4-6-12-8(9(7)10)3-2-5-11/h4,6H,2-3,5,11H2,1H3. The molecule has 0 fully saturated rings. The fraction of sp³-hybridized carbons (Fsp3) is 0.444. The van der Waals surface area contributed by atoms with Gasteiger partial charge >= 0.3 is 0 Å². The summed E-state index contributed by atoms with van der Waals surface area (Å²) in [5.41, 5.74) is 7.44. The van der Waals surface area contributed by atoms with Crippen molar-refractivity contribution in [3.05, 3.63) is 28.5 Å². The minimum Gasteiger partial charge on any atom is -0.330 e. The van der Waals surface area contributed by atoms with Crippen LogP contribution in [0.25, 0.3) is 0 Å². The van der Waals surface area contributed by atoms with Crippen LogP contribution >= 0.6 is 11.6 Å². The van der Waals surface area contributed by atoms with E-state index in [9.17, 15) is 0 Å². The van der Waals surface area contributed by atoms with Crippen molar-refractivity contribution in [2.75, 3.05) is 6.54 Å². The van der Waals surface area contributed by atoms with Gasteiger partial charge in [-0.05, 0) is 37.9 Å². The predicted octanol–water partition coefficient (Wildman–Crippen LogP) is 1.93. The lowest BCUT2D eigenvalue weighted by molar-refractivity contribution is 0.809. The van der Waals surface area contributed by atoms with Crippen LogP contribution in [0.4, 0.5) is 0 Å². The van der Waals surface area contributed by atoms with E-state index >= 15 is 0 Å². The molecule has 1 heterocycles. The summed E-state index contributed by atoms with van der Waals surface area (Å²) in [6, 6.07) is 1.91. The summed E-state index contributed by atoms with van der Waals surface area (Å²) in [5, 5.41) is 0.783. The lowest BCUT2D eigenvalue weighted by Crippen LogP contribution is -2.02. The number of nitrogens with zero attached hydrogens (tertiary/aromatic N) is 1. The lowest BCUT2D eigenvalue weighted by Gasteiger charge is -2.03. The van der Waals surface area contributed by atoms with Gasteiger partial charge in [0.1, 0.15) is 0 Å². The Morgan fingerprint density at radius 3 is 3.00 bits per heavy atom. The van der Waals surface area contributed by atoms with Gasteiger partial charge in [0, 0.05) is 6.20 Å². The number of aromatic nitrogens is 1. The number of hydrogen-bond acceptors (Lipinski definition) is 2. The zero-order valence-corrected chi connectivity index (χ0v) is 7.93. The number of rotatable bonds is 3. The number of pyridine rings is 1. The second-order valence-corrected chi connectivity index (χ2v) is 3.16. The molecule has 0 aromatic carbocycles. The minimum atomic E-state index is 0.686. The molecule has 0 atom stereocenters. The van der Waals surface area contributed by atoms with E-state index in [2.05, 4.69) is 4.98 Å². The third kappa shape index (κ3) is 2.19. The fourth-order valence-electron chi connectivity index (χ4n) is 1.04. The van der Waals surface area contributed by atoms with Gasteiger partial charge in [0.05, 0.1) is 10.7 Å². The van der Waals surface area contributed by atoms with Crippen LogP contribution in [-0.2, 0) is 6.42 Å². The maximum Gasteiger partial charge on any atom is 0.0650 e. The number of hydrogen-bond donors (Lipinski definition) is 1. The van der Waals surface area contributed by atoms with E-state index < -0.39 is 0 Å². The molecule has 0 aliphatic heterocycles. The van der Waals surface area contributed by atoms with Crippen LogP contribution in [0.15, 0.2) is 12.3 Å². The van der Waals surface area contributed by atoms with Crippen molar-refractivity contribution in [3.63, 3.8) is 0 Å². The maximum absolute atomic E-state index is 6.03. The Bertz CT molecular complexity index is 261. The Balaban J connectivity index is 2.78. The van der Waals surface area contributed by atoms with Gasteiger partial charge in [-0.2, -0.15) is 0 Å². The Morgan fingerprint density at radius 1 is 1.58 bits per heavy atom. The van der Waals surface area contributed by atoms with Crippen LogP contribution < -0.4 is 5.73 Å². The van der Waals surface area contributed by atoms with Crippen LogP contribution in [0.2, 0.25) is 5.02 Å². The van der Waals surface area contributed by atoms with Crippen LogP contribution in [0, 0.1) is 6.92 Å². The zero-order chi connectivity index (χ0) is 8.97. The largest absolute Gasteiger partial charge is 0.330 e. The van der Waals surface area contributed by atoms with Gasteiger partial charge in [-0.15, -0.1) is 0 Å². The van der Waals surface area contributed by atoms with Crippen molar-refractivity contribution in [1.29, 1.82) is 0 Å². The molecule has 66 valence electrons. The maximum atomic E-state index is 6.03. The lowest BCUT2D eigenvalue weighted by atomic mass is 10.2. The molecule has 1 aromatic heterocycles. The quantitative estimate of drug-likeness (QED) is 0.780. The van der Waals surface area contributed by atoms with Gasteiger partial charge in [0.2, 0.25) is 0 Å². The molecule has 0 bridgehead atoms. The Hall–Kier alpha value is -0.600. The third-order valence-electron chi connectivity index (χ3n) is 1.77. The smallest absolute Gasteiger partial charge is 0.0650 e. The molecule has 0 amide bonds. The minimum absolute atomic E-state index is 0.686. The zero-order valence-electron chi connectivity index (χ0n) is 7.18. The second-order valence-electron chi connectivity index (χ2n) is 2.78. The number of aryl methyl sites for hydroxylation is 2. The van der Waals surface area contributed by atoms with Crippen molar-refractivity contribution in [2.45, 2.75) is 19.8 Å². The van der Waals surface area contributed by atoms with Crippen molar-refractivity contribution < 1.29 is 0 Å². The highest BCUT2D eigenvalue weighted by Gasteiger charge is 2.02. The Labute approximate surface area is 77.8 Å². The van der Waals surface area contributed by atoms with Crippen LogP contribution in [-0.4, -0.2) is 11.5 Å². The average Bonchev–Trinajstić information content (AvgIpc) is 2.08. The number of halogens is 1. The van der Waals surface area contributed by atoms with E-state index in [0.29, 0.717) is 6.54 Å². The normalized spacial score (nSPS) is 10.2. The third-order valence-corrected chi connectivity index (χ3v) is 2.29.